The molecule has 2 aliphatic rings. The van der Waals surface area contributed by atoms with Gasteiger partial charge in [-0.15, -0.1) is 0 Å². The fraction of sp³-hybridized carbons (Fsp3) is 0.457. The first kappa shape index (κ1) is 29.7. The lowest BCUT2D eigenvalue weighted by Gasteiger charge is -2.26. The highest BCUT2D eigenvalue weighted by Crippen LogP contribution is 2.44. The molecule has 0 saturated carbocycles. The van der Waals surface area contributed by atoms with E-state index in [4.69, 9.17) is 4.42 Å². The molecule has 0 amide bonds. The van der Waals surface area contributed by atoms with Gasteiger partial charge in [0.25, 0.3) is 0 Å². The highest BCUT2D eigenvalue weighted by Gasteiger charge is 2.22. The molecule has 40 heavy (non-hydrogen) atoms. The summed E-state index contributed by atoms with van der Waals surface area (Å²) >= 11 is 0. The molecule has 0 radical (unpaired) electrons. The molecule has 0 fully saturated rings. The summed E-state index contributed by atoms with van der Waals surface area (Å²) in [6, 6.07) is 22.4. The van der Waals surface area contributed by atoms with Gasteiger partial charge in [0, 0.05) is 72.3 Å². The zero-order valence-electron chi connectivity index (χ0n) is 25.8. The van der Waals surface area contributed by atoms with E-state index in [9.17, 15) is 0 Å². The number of anilines is 2. The minimum Gasteiger partial charge on any atom is -0.456 e. The average molecular weight is 542 g/mol. The van der Waals surface area contributed by atoms with Gasteiger partial charge >= 0.3 is 0 Å². The SMILES string of the molecule is CCN(CC)CCCN(C)c1ccccc1-c1c2ccc(=[N+](CC)CC)cc-2oc2cc(N(CC)CC)ccc12. The maximum absolute atomic E-state index is 6.71. The highest BCUT2D eigenvalue weighted by atomic mass is 16.3. The van der Waals surface area contributed by atoms with E-state index in [1.807, 2.05) is 0 Å². The summed E-state index contributed by atoms with van der Waals surface area (Å²) in [5.41, 5.74) is 7.06. The Morgan fingerprint density at radius 3 is 2.12 bits per heavy atom. The molecule has 0 spiro atoms. The largest absolute Gasteiger partial charge is 0.456 e. The Hall–Kier alpha value is -3.31. The quantitative estimate of drug-likeness (QED) is 0.134. The number of nitrogens with zero attached hydrogens (tertiary/aromatic N) is 4. The number of para-hydroxylation sites is 1. The third-order valence-corrected chi connectivity index (χ3v) is 8.39. The van der Waals surface area contributed by atoms with Gasteiger partial charge < -0.3 is 19.1 Å². The van der Waals surface area contributed by atoms with Crippen LogP contribution in [0.25, 0.3) is 33.4 Å². The monoisotopic (exact) mass is 541 g/mol. The molecular weight excluding hydrogens is 492 g/mol. The maximum atomic E-state index is 6.71. The third-order valence-electron chi connectivity index (χ3n) is 8.39. The van der Waals surface area contributed by atoms with Crippen LogP contribution >= 0.6 is 0 Å². The van der Waals surface area contributed by atoms with Gasteiger partial charge in [-0.1, -0.05) is 32.0 Å². The van der Waals surface area contributed by atoms with Crippen molar-refractivity contribution in [1.29, 1.82) is 0 Å². The smallest absolute Gasteiger partial charge is 0.203 e. The molecule has 214 valence electrons. The van der Waals surface area contributed by atoms with Crippen molar-refractivity contribution in [3.8, 4) is 22.5 Å². The molecule has 2 aromatic rings. The maximum Gasteiger partial charge on any atom is 0.203 e. The van der Waals surface area contributed by atoms with E-state index in [0.717, 1.165) is 81.1 Å². The van der Waals surface area contributed by atoms with Crippen molar-refractivity contribution in [3.05, 3.63) is 66.0 Å². The fourth-order valence-electron chi connectivity index (χ4n) is 5.94. The lowest BCUT2D eigenvalue weighted by molar-refractivity contribution is 0.301. The molecule has 5 nitrogen and oxygen atoms in total. The first-order valence-electron chi connectivity index (χ1n) is 15.4. The fourth-order valence-corrected chi connectivity index (χ4v) is 5.94. The molecular formula is C35H49N4O+. The predicted molar refractivity (Wildman–Crippen MR) is 174 cm³/mol. The second-order valence-corrected chi connectivity index (χ2v) is 10.5. The first-order valence-corrected chi connectivity index (χ1v) is 15.4. The van der Waals surface area contributed by atoms with Crippen LogP contribution in [-0.4, -0.2) is 64.3 Å². The van der Waals surface area contributed by atoms with Crippen LogP contribution in [-0.2, 0) is 0 Å². The summed E-state index contributed by atoms with van der Waals surface area (Å²) in [6.45, 7) is 21.5. The van der Waals surface area contributed by atoms with Crippen molar-refractivity contribution < 1.29 is 4.42 Å². The summed E-state index contributed by atoms with van der Waals surface area (Å²) in [6.07, 6.45) is 1.14. The lowest BCUT2D eigenvalue weighted by atomic mass is 9.92. The Morgan fingerprint density at radius 1 is 0.725 bits per heavy atom. The number of hydrogen-bond acceptors (Lipinski definition) is 4. The zero-order valence-corrected chi connectivity index (χ0v) is 25.8. The van der Waals surface area contributed by atoms with Crippen molar-refractivity contribution in [2.45, 2.75) is 48.0 Å². The van der Waals surface area contributed by atoms with Crippen LogP contribution in [0.4, 0.5) is 11.4 Å². The van der Waals surface area contributed by atoms with Crippen LogP contribution in [0, 0.1) is 0 Å². The van der Waals surface area contributed by atoms with Crippen LogP contribution in [0.5, 0.6) is 0 Å². The summed E-state index contributed by atoms with van der Waals surface area (Å²) in [4.78, 5) is 7.30. The van der Waals surface area contributed by atoms with Crippen molar-refractivity contribution >= 4 is 22.3 Å². The van der Waals surface area contributed by atoms with Gasteiger partial charge in [-0.25, -0.2) is 4.58 Å². The Kier molecular flexibility index (Phi) is 10.3. The van der Waals surface area contributed by atoms with Crippen LogP contribution in [0.1, 0.15) is 48.0 Å². The van der Waals surface area contributed by atoms with E-state index < -0.39 is 0 Å². The molecule has 1 aliphatic heterocycles. The molecule has 4 rings (SSSR count). The molecule has 0 saturated heterocycles. The molecule has 1 heterocycles. The molecule has 0 N–H and O–H groups in total. The molecule has 5 heteroatoms. The van der Waals surface area contributed by atoms with E-state index in [-0.39, 0.29) is 0 Å². The van der Waals surface area contributed by atoms with E-state index in [2.05, 4.69) is 129 Å². The Labute approximate surface area is 241 Å². The summed E-state index contributed by atoms with van der Waals surface area (Å²) in [7, 11) is 2.23. The minimum absolute atomic E-state index is 0.933. The second-order valence-electron chi connectivity index (χ2n) is 10.5. The number of rotatable bonds is 13. The topological polar surface area (TPSA) is 25.9 Å². The van der Waals surface area contributed by atoms with Crippen molar-refractivity contribution in [1.82, 2.24) is 9.48 Å². The molecule has 0 bridgehead atoms. The Balaban J connectivity index is 1.92. The number of hydrogen-bond donors (Lipinski definition) is 0. The van der Waals surface area contributed by atoms with Crippen LogP contribution < -0.4 is 19.7 Å². The van der Waals surface area contributed by atoms with Crippen molar-refractivity contribution in [3.63, 3.8) is 0 Å². The van der Waals surface area contributed by atoms with Gasteiger partial charge in [0.05, 0.1) is 6.07 Å². The first-order chi connectivity index (χ1) is 19.5. The van der Waals surface area contributed by atoms with E-state index >= 15 is 0 Å². The normalized spacial score (nSPS) is 11.5. The summed E-state index contributed by atoms with van der Waals surface area (Å²) in [5.74, 6) is 0.933. The number of benzene rings is 3. The van der Waals surface area contributed by atoms with Crippen molar-refractivity contribution in [2.24, 2.45) is 0 Å². The van der Waals surface area contributed by atoms with Gasteiger partial charge in [0.2, 0.25) is 5.36 Å². The second kappa shape index (κ2) is 13.8. The third kappa shape index (κ3) is 6.20. The Bertz CT molecular complexity index is 1430. The van der Waals surface area contributed by atoms with Gasteiger partial charge in [-0.05, 0) is 78.0 Å². The van der Waals surface area contributed by atoms with E-state index in [0.29, 0.717) is 0 Å². The van der Waals surface area contributed by atoms with Crippen LogP contribution in [0.15, 0.2) is 65.1 Å². The number of fused-ring (bicyclic) bond motifs is 2. The molecule has 0 atom stereocenters. The summed E-state index contributed by atoms with van der Waals surface area (Å²) in [5, 5.41) is 2.36. The molecule has 0 unspecified atom stereocenters. The molecule has 0 aromatic heterocycles. The lowest BCUT2D eigenvalue weighted by Crippen LogP contribution is -2.29. The van der Waals surface area contributed by atoms with E-state index in [1.54, 1.807) is 0 Å². The summed E-state index contributed by atoms with van der Waals surface area (Å²) < 4.78 is 9.09. The highest BCUT2D eigenvalue weighted by molar-refractivity contribution is 6.05. The van der Waals surface area contributed by atoms with Crippen molar-refractivity contribution in [2.75, 3.05) is 69.2 Å². The van der Waals surface area contributed by atoms with Gasteiger partial charge in [0.15, 0.2) is 0 Å². The van der Waals surface area contributed by atoms with Gasteiger partial charge in [-0.2, -0.15) is 0 Å². The van der Waals surface area contributed by atoms with Crippen LogP contribution in [0.2, 0.25) is 0 Å². The van der Waals surface area contributed by atoms with Gasteiger partial charge in [0.1, 0.15) is 24.4 Å². The minimum atomic E-state index is 0.933. The van der Waals surface area contributed by atoms with Gasteiger partial charge in [-0.3, -0.25) is 0 Å². The standard InChI is InChI=1S/C35H49N4O/c1-8-37(9-2)24-16-23-36(7)32-18-15-14-17-29(32)35-30-21-19-27(38(10-3)11-4)25-33(30)40-34-26-28(20-22-31(34)35)39(12-5)13-6/h14-15,17-22,25-26H,8-13,16,23-24H2,1-7H3/q+1. The Morgan fingerprint density at radius 2 is 1.45 bits per heavy atom. The van der Waals surface area contributed by atoms with E-state index in [1.165, 1.54) is 27.9 Å². The molecule has 1 aliphatic carbocycles. The van der Waals surface area contributed by atoms with Crippen LogP contribution in [0.3, 0.4) is 0 Å². The zero-order chi connectivity index (χ0) is 28.6. The predicted octanol–water partition coefficient (Wildman–Crippen LogP) is 7.03. The average Bonchev–Trinajstić information content (AvgIpc) is 2.99. The molecule has 2 aromatic carbocycles.